The maximum absolute atomic E-state index is 12.3. The van der Waals surface area contributed by atoms with Crippen molar-refractivity contribution >= 4 is 39.3 Å². The Morgan fingerprint density at radius 2 is 2.08 bits per heavy atom. The molecule has 2 aromatic rings. The van der Waals surface area contributed by atoms with Crippen LogP contribution in [-0.4, -0.2) is 23.5 Å². The van der Waals surface area contributed by atoms with Crippen molar-refractivity contribution in [1.29, 1.82) is 5.26 Å². The first kappa shape index (κ1) is 19.1. The van der Waals surface area contributed by atoms with Crippen molar-refractivity contribution in [3.05, 3.63) is 64.4 Å². The number of rotatable bonds is 6. The molecule has 26 heavy (non-hydrogen) atoms. The number of carbonyl (C=O) groups is 2. The predicted molar refractivity (Wildman–Crippen MR) is 100 cm³/mol. The second-order valence-electron chi connectivity index (χ2n) is 4.90. The van der Waals surface area contributed by atoms with Crippen LogP contribution >= 0.6 is 15.9 Å². The van der Waals surface area contributed by atoms with Crippen molar-refractivity contribution in [3.63, 3.8) is 0 Å². The molecular weight excluding hydrogens is 400 g/mol. The van der Waals surface area contributed by atoms with Crippen LogP contribution < -0.4 is 10.6 Å². The molecule has 0 saturated heterocycles. The molecule has 2 N–H and O–H groups in total. The normalized spacial score (nSPS) is 10.6. The predicted octanol–water partition coefficient (Wildman–Crippen LogP) is 3.48. The number of anilines is 2. The first-order valence-corrected chi connectivity index (χ1v) is 8.40. The fourth-order valence-corrected chi connectivity index (χ4v) is 2.16. The number of pyridine rings is 1. The Labute approximate surface area is 158 Å². The minimum atomic E-state index is -0.658. The van der Waals surface area contributed by atoms with E-state index in [-0.39, 0.29) is 23.4 Å². The fourth-order valence-electron chi connectivity index (χ4n) is 1.92. The van der Waals surface area contributed by atoms with E-state index < -0.39 is 11.9 Å². The molecule has 0 saturated carbocycles. The highest BCUT2D eigenvalue weighted by Crippen LogP contribution is 2.17. The molecule has 0 radical (unpaired) electrons. The van der Waals surface area contributed by atoms with E-state index in [1.165, 1.54) is 12.3 Å². The number of para-hydroxylation sites is 1. The summed E-state index contributed by atoms with van der Waals surface area (Å²) < 4.78 is 5.76. The molecule has 1 aromatic heterocycles. The Balaban J connectivity index is 2.15. The summed E-state index contributed by atoms with van der Waals surface area (Å²) in [6.07, 6.45) is 2.83. The van der Waals surface area contributed by atoms with Crippen LogP contribution in [0.3, 0.4) is 0 Å². The topological polar surface area (TPSA) is 104 Å². The van der Waals surface area contributed by atoms with E-state index in [2.05, 4.69) is 31.5 Å². The van der Waals surface area contributed by atoms with Crippen molar-refractivity contribution in [2.45, 2.75) is 6.92 Å². The van der Waals surface area contributed by atoms with Crippen LogP contribution in [0, 0.1) is 11.3 Å². The van der Waals surface area contributed by atoms with Crippen LogP contribution in [0.4, 0.5) is 11.5 Å². The molecule has 0 spiro atoms. The largest absolute Gasteiger partial charge is 0.462 e. The van der Waals surface area contributed by atoms with E-state index in [1.54, 1.807) is 43.5 Å². The number of hydrogen-bond donors (Lipinski definition) is 2. The maximum Gasteiger partial charge on any atom is 0.340 e. The van der Waals surface area contributed by atoms with Gasteiger partial charge >= 0.3 is 5.97 Å². The smallest absolute Gasteiger partial charge is 0.340 e. The summed E-state index contributed by atoms with van der Waals surface area (Å²) in [5.74, 6) is -0.738. The van der Waals surface area contributed by atoms with Gasteiger partial charge in [-0.3, -0.25) is 4.79 Å². The van der Waals surface area contributed by atoms with Crippen molar-refractivity contribution in [2.75, 3.05) is 17.2 Å². The van der Waals surface area contributed by atoms with Gasteiger partial charge in [-0.2, -0.15) is 5.26 Å². The van der Waals surface area contributed by atoms with Gasteiger partial charge in [-0.05, 0) is 47.1 Å². The number of amides is 1. The SMILES string of the molecule is CCOC(=O)c1ccccc1NC(=O)/C(C#N)=C\Nc1ccc(Br)cn1. The number of carbonyl (C=O) groups excluding carboxylic acids is 2. The number of nitriles is 1. The number of benzene rings is 1. The molecule has 0 aliphatic carbocycles. The van der Waals surface area contributed by atoms with E-state index >= 15 is 0 Å². The summed E-state index contributed by atoms with van der Waals surface area (Å²) in [7, 11) is 0. The van der Waals surface area contributed by atoms with Crippen molar-refractivity contribution in [2.24, 2.45) is 0 Å². The number of esters is 1. The lowest BCUT2D eigenvalue weighted by molar-refractivity contribution is -0.112. The molecule has 0 fully saturated rings. The minimum absolute atomic E-state index is 0.173. The zero-order chi connectivity index (χ0) is 18.9. The monoisotopic (exact) mass is 414 g/mol. The summed E-state index contributed by atoms with van der Waals surface area (Å²) in [5, 5.41) is 14.5. The Kier molecular flexibility index (Phi) is 6.88. The summed E-state index contributed by atoms with van der Waals surface area (Å²) in [5.41, 5.74) is 0.301. The van der Waals surface area contributed by atoms with Gasteiger partial charge in [0, 0.05) is 16.9 Å². The van der Waals surface area contributed by atoms with Crippen molar-refractivity contribution in [1.82, 2.24) is 4.98 Å². The molecule has 7 nitrogen and oxygen atoms in total. The lowest BCUT2D eigenvalue weighted by Gasteiger charge is -2.10. The Hall–Kier alpha value is -3.18. The molecule has 132 valence electrons. The number of halogens is 1. The standard InChI is InChI=1S/C18H15BrN4O3/c1-2-26-18(25)14-5-3-4-6-15(14)23-17(24)12(9-20)10-21-16-8-7-13(19)11-22-16/h3-8,10-11H,2H2,1H3,(H,21,22)(H,23,24)/b12-10-. The van der Waals surface area contributed by atoms with Crippen LogP contribution in [0.2, 0.25) is 0 Å². The van der Waals surface area contributed by atoms with Gasteiger partial charge in [0.2, 0.25) is 0 Å². The van der Waals surface area contributed by atoms with E-state index in [1.807, 2.05) is 6.07 Å². The Morgan fingerprint density at radius 3 is 2.73 bits per heavy atom. The molecule has 0 bridgehead atoms. The molecule has 0 atom stereocenters. The highest BCUT2D eigenvalue weighted by Gasteiger charge is 2.16. The van der Waals surface area contributed by atoms with Crippen LogP contribution in [-0.2, 0) is 9.53 Å². The van der Waals surface area contributed by atoms with Crippen LogP contribution in [0.1, 0.15) is 17.3 Å². The first-order chi connectivity index (χ1) is 12.5. The second kappa shape index (κ2) is 9.34. The van der Waals surface area contributed by atoms with Gasteiger partial charge in [-0.1, -0.05) is 12.1 Å². The molecule has 8 heteroatoms. The minimum Gasteiger partial charge on any atom is -0.462 e. The second-order valence-corrected chi connectivity index (χ2v) is 5.81. The zero-order valence-electron chi connectivity index (χ0n) is 13.8. The van der Waals surface area contributed by atoms with Gasteiger partial charge in [-0.15, -0.1) is 0 Å². The Bertz CT molecular complexity index is 873. The van der Waals surface area contributed by atoms with Gasteiger partial charge in [0.15, 0.2) is 0 Å². The number of nitrogens with zero attached hydrogens (tertiary/aromatic N) is 2. The Morgan fingerprint density at radius 1 is 1.31 bits per heavy atom. The van der Waals surface area contributed by atoms with Crippen molar-refractivity contribution < 1.29 is 14.3 Å². The molecule has 2 rings (SSSR count). The molecule has 0 aliphatic rings. The van der Waals surface area contributed by atoms with E-state index in [0.717, 1.165) is 4.47 Å². The molecule has 1 heterocycles. The molecule has 1 aromatic carbocycles. The van der Waals surface area contributed by atoms with Gasteiger partial charge in [0.1, 0.15) is 17.5 Å². The quantitative estimate of drug-likeness (QED) is 0.425. The number of ether oxygens (including phenoxy) is 1. The van der Waals surface area contributed by atoms with Crippen LogP contribution in [0.25, 0.3) is 0 Å². The van der Waals surface area contributed by atoms with E-state index in [4.69, 9.17) is 4.74 Å². The first-order valence-electron chi connectivity index (χ1n) is 7.61. The third-order valence-corrected chi connectivity index (χ3v) is 3.60. The molecule has 0 unspecified atom stereocenters. The van der Waals surface area contributed by atoms with E-state index in [0.29, 0.717) is 5.82 Å². The third-order valence-electron chi connectivity index (χ3n) is 3.13. The van der Waals surface area contributed by atoms with Crippen molar-refractivity contribution in [3.8, 4) is 6.07 Å². The van der Waals surface area contributed by atoms with E-state index in [9.17, 15) is 14.9 Å². The zero-order valence-corrected chi connectivity index (χ0v) is 15.4. The molecule has 1 amide bonds. The average Bonchev–Trinajstić information content (AvgIpc) is 2.64. The summed E-state index contributed by atoms with van der Waals surface area (Å²) >= 11 is 3.27. The fraction of sp³-hybridized carbons (Fsp3) is 0.111. The number of aromatic nitrogens is 1. The highest BCUT2D eigenvalue weighted by molar-refractivity contribution is 9.10. The molecular formula is C18H15BrN4O3. The number of hydrogen-bond acceptors (Lipinski definition) is 6. The van der Waals surface area contributed by atoms with Gasteiger partial charge in [-0.25, -0.2) is 9.78 Å². The van der Waals surface area contributed by atoms with Crippen LogP contribution in [0.5, 0.6) is 0 Å². The summed E-state index contributed by atoms with van der Waals surface area (Å²) in [6, 6.07) is 11.7. The van der Waals surface area contributed by atoms with Gasteiger partial charge in [0.05, 0.1) is 17.9 Å². The van der Waals surface area contributed by atoms with Gasteiger partial charge < -0.3 is 15.4 Å². The lowest BCUT2D eigenvalue weighted by atomic mass is 10.1. The third kappa shape index (κ3) is 5.16. The average molecular weight is 415 g/mol. The lowest BCUT2D eigenvalue weighted by Crippen LogP contribution is -2.17. The molecule has 0 aliphatic heterocycles. The number of nitrogens with one attached hydrogen (secondary N) is 2. The summed E-state index contributed by atoms with van der Waals surface area (Å²) in [4.78, 5) is 28.4. The van der Waals surface area contributed by atoms with Gasteiger partial charge in [0.25, 0.3) is 5.91 Å². The van der Waals surface area contributed by atoms with Crippen LogP contribution in [0.15, 0.2) is 58.8 Å². The summed E-state index contributed by atoms with van der Waals surface area (Å²) in [6.45, 7) is 1.91. The highest BCUT2D eigenvalue weighted by atomic mass is 79.9. The maximum atomic E-state index is 12.3.